The van der Waals surface area contributed by atoms with E-state index >= 15 is 0 Å². The average molecular weight is 641 g/mol. The number of hydrogen-bond acceptors (Lipinski definition) is 2. The normalized spacial score (nSPS) is 19.0. The number of benzene rings is 5. The second-order valence-electron chi connectivity index (χ2n) is 13.7. The van der Waals surface area contributed by atoms with Crippen molar-refractivity contribution in [2.75, 3.05) is 0 Å². The quantitative estimate of drug-likeness (QED) is 0.193. The lowest BCUT2D eigenvalue weighted by Gasteiger charge is -2.30. The van der Waals surface area contributed by atoms with E-state index in [0.29, 0.717) is 5.92 Å². The van der Waals surface area contributed by atoms with Gasteiger partial charge in [0.2, 0.25) is 0 Å². The second kappa shape index (κ2) is 10.6. The molecule has 3 aliphatic rings. The number of fused-ring (bicyclic) bond motifs is 10. The maximum Gasteiger partial charge on any atom is 0.165 e. The van der Waals surface area contributed by atoms with Gasteiger partial charge in [0, 0.05) is 44.8 Å². The molecule has 8 aromatic rings. The van der Waals surface area contributed by atoms with Gasteiger partial charge in [0.15, 0.2) is 5.82 Å². The number of aromatic nitrogens is 4. The number of allylic oxidation sites excluding steroid dienone is 5. The highest BCUT2D eigenvalue weighted by molar-refractivity contribution is 6.15. The fraction of sp³-hybridized carbons (Fsp3) is 0.0870. The zero-order valence-corrected chi connectivity index (χ0v) is 27.3. The molecule has 0 saturated heterocycles. The topological polar surface area (TPSA) is 35.6 Å². The zero-order chi connectivity index (χ0) is 32.8. The summed E-state index contributed by atoms with van der Waals surface area (Å²) < 4.78 is 5.02. The van der Waals surface area contributed by atoms with Crippen LogP contribution in [0.25, 0.3) is 79.0 Å². The van der Waals surface area contributed by atoms with Crippen LogP contribution >= 0.6 is 0 Å². The van der Waals surface area contributed by atoms with Crippen molar-refractivity contribution in [1.82, 2.24) is 19.1 Å². The van der Waals surface area contributed by atoms with E-state index in [2.05, 4.69) is 161 Å². The third-order valence-corrected chi connectivity index (χ3v) is 10.9. The lowest BCUT2D eigenvalue weighted by Crippen LogP contribution is -2.30. The highest BCUT2D eigenvalue weighted by Crippen LogP contribution is 2.47. The van der Waals surface area contributed by atoms with Gasteiger partial charge in [-0.2, -0.15) is 0 Å². The Morgan fingerprint density at radius 2 is 1.36 bits per heavy atom. The first-order chi connectivity index (χ1) is 24.8. The minimum absolute atomic E-state index is 0.193. The smallest absolute Gasteiger partial charge is 0.165 e. The lowest BCUT2D eigenvalue weighted by molar-refractivity contribution is 0.579. The van der Waals surface area contributed by atoms with Crippen LogP contribution in [0.1, 0.15) is 29.6 Å². The average Bonchev–Trinajstić information content (AvgIpc) is 3.69. The van der Waals surface area contributed by atoms with Crippen LogP contribution in [0.5, 0.6) is 0 Å². The Labute approximate surface area is 289 Å². The van der Waals surface area contributed by atoms with Crippen LogP contribution in [-0.4, -0.2) is 19.1 Å². The summed E-state index contributed by atoms with van der Waals surface area (Å²) in [6.07, 6.45) is 19.8. The van der Waals surface area contributed by atoms with Crippen molar-refractivity contribution < 1.29 is 0 Å². The van der Waals surface area contributed by atoms with Gasteiger partial charge in [-0.25, -0.2) is 9.97 Å². The summed E-state index contributed by atoms with van der Waals surface area (Å²) in [5.41, 5.74) is 9.95. The Balaban J connectivity index is 1.27. The van der Waals surface area contributed by atoms with E-state index in [-0.39, 0.29) is 12.0 Å². The summed E-state index contributed by atoms with van der Waals surface area (Å²) in [6.45, 7) is 0. The van der Waals surface area contributed by atoms with Crippen molar-refractivity contribution in [3.8, 4) is 17.1 Å². The summed E-state index contributed by atoms with van der Waals surface area (Å²) >= 11 is 0. The minimum Gasteiger partial charge on any atom is -0.336 e. The van der Waals surface area contributed by atoms with Crippen molar-refractivity contribution >= 4 is 62.0 Å². The first-order valence-electron chi connectivity index (χ1n) is 17.5. The molecule has 3 aromatic heterocycles. The first-order valence-corrected chi connectivity index (χ1v) is 17.5. The molecule has 11 rings (SSSR count). The molecule has 0 radical (unpaired) electrons. The molecule has 0 aliphatic heterocycles. The molecular weight excluding hydrogens is 609 g/mol. The van der Waals surface area contributed by atoms with Crippen LogP contribution in [0.3, 0.4) is 0 Å². The maximum atomic E-state index is 5.39. The number of rotatable bonds is 3. The lowest BCUT2D eigenvalue weighted by atomic mass is 9.80. The molecule has 0 amide bonds. The molecule has 0 N–H and O–H groups in total. The molecule has 236 valence electrons. The van der Waals surface area contributed by atoms with E-state index < -0.39 is 0 Å². The monoisotopic (exact) mass is 640 g/mol. The van der Waals surface area contributed by atoms with Gasteiger partial charge in [-0.15, -0.1) is 0 Å². The number of nitrogens with zero attached hydrogens (tertiary/aromatic N) is 4. The summed E-state index contributed by atoms with van der Waals surface area (Å²) in [7, 11) is 0. The van der Waals surface area contributed by atoms with E-state index in [1.165, 1.54) is 43.4 Å². The fourth-order valence-corrected chi connectivity index (χ4v) is 8.69. The summed E-state index contributed by atoms with van der Waals surface area (Å²) in [6, 6.07) is 41.3. The van der Waals surface area contributed by atoms with Crippen LogP contribution in [0.4, 0.5) is 0 Å². The zero-order valence-electron chi connectivity index (χ0n) is 27.3. The third kappa shape index (κ3) is 3.99. The van der Waals surface area contributed by atoms with Crippen molar-refractivity contribution in [1.29, 1.82) is 0 Å². The number of para-hydroxylation sites is 3. The van der Waals surface area contributed by atoms with E-state index in [1.807, 2.05) is 12.1 Å². The van der Waals surface area contributed by atoms with Crippen LogP contribution in [-0.2, 0) is 0 Å². The standard InChI is InChI=1S/C46H32N4/c1-2-14-31(15-3-1)44-46(48-40-20-10-9-19-39(40)47-44)50-41-21-11-8-18-35(41)37-27-38-36-25-23-30-13-6-7-17-34(30)45(36)49(42(38)28-43(37)50)33-24-22-29-12-4-5-16-32(29)26-33/h1-23,25-28,30,33-34H,24H2. The van der Waals surface area contributed by atoms with Gasteiger partial charge in [-0.05, 0) is 47.2 Å². The summed E-state index contributed by atoms with van der Waals surface area (Å²) in [5.74, 6) is 1.48. The van der Waals surface area contributed by atoms with Crippen molar-refractivity contribution in [3.63, 3.8) is 0 Å². The molecule has 4 heteroatoms. The highest BCUT2D eigenvalue weighted by atomic mass is 15.1. The SMILES string of the molecule is C1=CC2C=Cc3c(n(C4C=c5ccccc5=CC4)c4cc5c(cc34)c3ccccc3n5-c3nc4ccccc4nc3-c3ccccc3)C2C=C1. The Bertz CT molecular complexity index is 2920. The predicted octanol–water partition coefficient (Wildman–Crippen LogP) is 9.41. The highest BCUT2D eigenvalue weighted by Gasteiger charge is 2.33. The molecule has 0 bridgehead atoms. The maximum absolute atomic E-state index is 5.39. The first kappa shape index (κ1) is 27.7. The number of hydrogen-bond donors (Lipinski definition) is 0. The van der Waals surface area contributed by atoms with Gasteiger partial charge < -0.3 is 4.57 Å². The van der Waals surface area contributed by atoms with Crippen LogP contribution in [0.15, 0.2) is 146 Å². The Hall–Kier alpha value is -6.26. The summed E-state index contributed by atoms with van der Waals surface area (Å²) in [4.78, 5) is 10.7. The molecule has 4 nitrogen and oxygen atoms in total. The van der Waals surface area contributed by atoms with Crippen molar-refractivity contribution in [2.24, 2.45) is 5.92 Å². The van der Waals surface area contributed by atoms with E-state index in [0.717, 1.165) is 45.6 Å². The minimum atomic E-state index is 0.193. The van der Waals surface area contributed by atoms with E-state index in [1.54, 1.807) is 0 Å². The van der Waals surface area contributed by atoms with Gasteiger partial charge in [-0.3, -0.25) is 4.57 Å². The van der Waals surface area contributed by atoms with E-state index in [4.69, 9.17) is 9.97 Å². The van der Waals surface area contributed by atoms with Crippen LogP contribution < -0.4 is 10.4 Å². The molecule has 3 aliphatic carbocycles. The van der Waals surface area contributed by atoms with Gasteiger partial charge >= 0.3 is 0 Å². The largest absolute Gasteiger partial charge is 0.336 e. The molecule has 0 spiro atoms. The molecule has 50 heavy (non-hydrogen) atoms. The second-order valence-corrected chi connectivity index (χ2v) is 13.7. The van der Waals surface area contributed by atoms with Crippen molar-refractivity contribution in [2.45, 2.75) is 18.4 Å². The van der Waals surface area contributed by atoms with Crippen LogP contribution in [0.2, 0.25) is 0 Å². The summed E-state index contributed by atoms with van der Waals surface area (Å²) in [5, 5.41) is 6.35. The molecule has 5 aromatic carbocycles. The molecule has 3 unspecified atom stereocenters. The van der Waals surface area contributed by atoms with Gasteiger partial charge in [0.1, 0.15) is 5.69 Å². The molecule has 3 atom stereocenters. The Morgan fingerprint density at radius 3 is 2.26 bits per heavy atom. The Kier molecular flexibility index (Phi) is 5.88. The van der Waals surface area contributed by atoms with E-state index in [9.17, 15) is 0 Å². The van der Waals surface area contributed by atoms with Crippen molar-refractivity contribution in [3.05, 3.63) is 167 Å². The van der Waals surface area contributed by atoms with Gasteiger partial charge in [0.05, 0.1) is 33.6 Å². The van der Waals surface area contributed by atoms with Crippen LogP contribution in [0, 0.1) is 5.92 Å². The van der Waals surface area contributed by atoms with Gasteiger partial charge in [-0.1, -0.05) is 134 Å². The van der Waals surface area contributed by atoms with Gasteiger partial charge in [0.25, 0.3) is 0 Å². The molecular formula is C46H32N4. The molecule has 0 saturated carbocycles. The third-order valence-electron chi connectivity index (χ3n) is 10.9. The predicted molar refractivity (Wildman–Crippen MR) is 207 cm³/mol. The molecule has 3 heterocycles. The Morgan fingerprint density at radius 1 is 0.600 bits per heavy atom. The fourth-order valence-electron chi connectivity index (χ4n) is 8.69. The molecule has 0 fully saturated rings.